The summed E-state index contributed by atoms with van der Waals surface area (Å²) in [6, 6.07) is -0.180. The Labute approximate surface area is 171 Å². The monoisotopic (exact) mass is 416 g/mol. The molecule has 1 N–H and O–H groups in total. The van der Waals surface area contributed by atoms with Crippen LogP contribution in [0.1, 0.15) is 60.8 Å². The lowest BCUT2D eigenvalue weighted by atomic mass is 9.83. The molecule has 2 amide bonds. The molecule has 0 aromatic carbocycles. The third-order valence-electron chi connectivity index (χ3n) is 5.68. The quantitative estimate of drug-likeness (QED) is 0.539. The standard InChI is InChI=1S/C20H40N2O5Si/c1-19(2,3)26-18(24)21-15-12-11-14(17(23)22(7)25-8)13-16(15)27-28(9,10)20(4,5)6/h14-16H,11-13H2,1-10H3,(H,21,24)/t14-,15+,16+/m0/s1. The van der Waals surface area contributed by atoms with Crippen LogP contribution >= 0.6 is 0 Å². The van der Waals surface area contributed by atoms with Crippen molar-refractivity contribution in [3.05, 3.63) is 0 Å². The van der Waals surface area contributed by atoms with Gasteiger partial charge in [-0.05, 0) is 58.2 Å². The summed E-state index contributed by atoms with van der Waals surface area (Å²) in [6.07, 6.45) is 1.21. The molecule has 8 heteroatoms. The average molecular weight is 417 g/mol. The Balaban J connectivity index is 2.98. The highest BCUT2D eigenvalue weighted by atomic mass is 28.4. The van der Waals surface area contributed by atoms with Crippen molar-refractivity contribution in [2.75, 3.05) is 14.2 Å². The number of carbonyl (C=O) groups is 2. The molecule has 0 bridgehead atoms. The van der Waals surface area contributed by atoms with Crippen LogP contribution in [0.2, 0.25) is 18.1 Å². The predicted molar refractivity (Wildman–Crippen MR) is 112 cm³/mol. The summed E-state index contributed by atoms with van der Waals surface area (Å²) in [4.78, 5) is 30.0. The highest BCUT2D eigenvalue weighted by Crippen LogP contribution is 2.40. The summed E-state index contributed by atoms with van der Waals surface area (Å²) in [5.74, 6) is -0.238. The minimum absolute atomic E-state index is 0.0315. The van der Waals surface area contributed by atoms with Gasteiger partial charge in [-0.3, -0.25) is 9.63 Å². The molecule has 28 heavy (non-hydrogen) atoms. The van der Waals surface area contributed by atoms with Crippen LogP contribution in [0.3, 0.4) is 0 Å². The fraction of sp³-hybridized carbons (Fsp3) is 0.900. The van der Waals surface area contributed by atoms with Crippen molar-refractivity contribution >= 4 is 20.3 Å². The summed E-state index contributed by atoms with van der Waals surface area (Å²) in [5.41, 5.74) is -0.561. The maximum absolute atomic E-state index is 12.6. The molecule has 164 valence electrons. The highest BCUT2D eigenvalue weighted by molar-refractivity contribution is 6.74. The predicted octanol–water partition coefficient (Wildman–Crippen LogP) is 4.09. The fourth-order valence-corrected chi connectivity index (χ4v) is 4.38. The van der Waals surface area contributed by atoms with E-state index in [0.29, 0.717) is 19.3 Å². The van der Waals surface area contributed by atoms with Crippen molar-refractivity contribution in [1.82, 2.24) is 10.4 Å². The van der Waals surface area contributed by atoms with Crippen molar-refractivity contribution in [1.29, 1.82) is 0 Å². The molecular weight excluding hydrogens is 376 g/mol. The maximum Gasteiger partial charge on any atom is 0.407 e. The molecule has 0 aliphatic heterocycles. The van der Waals surface area contributed by atoms with E-state index in [2.05, 4.69) is 39.2 Å². The van der Waals surface area contributed by atoms with Gasteiger partial charge in [0.25, 0.3) is 0 Å². The molecular formula is C20H40N2O5Si. The molecule has 0 spiro atoms. The first kappa shape index (κ1) is 24.9. The van der Waals surface area contributed by atoms with E-state index in [-0.39, 0.29) is 29.0 Å². The summed E-state index contributed by atoms with van der Waals surface area (Å²) in [7, 11) is 1.03. The molecule has 1 rings (SSSR count). The van der Waals surface area contributed by atoms with E-state index in [1.807, 2.05) is 20.8 Å². The minimum Gasteiger partial charge on any atom is -0.444 e. The zero-order chi connectivity index (χ0) is 21.9. The lowest BCUT2D eigenvalue weighted by molar-refractivity contribution is -0.175. The van der Waals surface area contributed by atoms with E-state index in [9.17, 15) is 9.59 Å². The summed E-state index contributed by atoms with van der Waals surface area (Å²) < 4.78 is 12.1. The molecule has 0 aromatic heterocycles. The largest absolute Gasteiger partial charge is 0.444 e. The van der Waals surface area contributed by atoms with E-state index in [4.69, 9.17) is 14.0 Å². The van der Waals surface area contributed by atoms with E-state index in [1.54, 1.807) is 7.05 Å². The van der Waals surface area contributed by atoms with Gasteiger partial charge < -0.3 is 14.5 Å². The molecule has 1 saturated carbocycles. The van der Waals surface area contributed by atoms with Crippen molar-refractivity contribution in [2.45, 2.75) is 96.7 Å². The van der Waals surface area contributed by atoms with Crippen molar-refractivity contribution in [3.8, 4) is 0 Å². The Kier molecular flexibility index (Phi) is 8.13. The molecule has 3 atom stereocenters. The van der Waals surface area contributed by atoms with Crippen LogP contribution in [0.5, 0.6) is 0 Å². The Morgan fingerprint density at radius 1 is 1.07 bits per heavy atom. The molecule has 1 aliphatic rings. The third-order valence-corrected chi connectivity index (χ3v) is 10.2. The first-order valence-electron chi connectivity index (χ1n) is 10.1. The molecule has 0 saturated heterocycles. The van der Waals surface area contributed by atoms with Crippen molar-refractivity contribution in [3.63, 3.8) is 0 Å². The van der Waals surface area contributed by atoms with E-state index in [1.165, 1.54) is 12.2 Å². The zero-order valence-corrected chi connectivity index (χ0v) is 20.3. The third kappa shape index (κ3) is 7.04. The van der Waals surface area contributed by atoms with Crippen molar-refractivity contribution in [2.24, 2.45) is 5.92 Å². The maximum atomic E-state index is 12.6. The average Bonchev–Trinajstić information content (AvgIpc) is 2.51. The van der Waals surface area contributed by atoms with Crippen LogP contribution in [0, 0.1) is 5.92 Å². The number of carbonyl (C=O) groups excluding carboxylic acids is 2. The molecule has 1 fully saturated rings. The number of hydroxylamine groups is 2. The van der Waals surface area contributed by atoms with Crippen LogP contribution in [0.4, 0.5) is 4.79 Å². The summed E-state index contributed by atoms with van der Waals surface area (Å²) in [5, 5.41) is 4.29. The Hall–Kier alpha value is -1.12. The molecule has 7 nitrogen and oxygen atoms in total. The van der Waals surface area contributed by atoms with Crippen LogP contribution in [-0.2, 0) is 18.8 Å². The highest BCUT2D eigenvalue weighted by Gasteiger charge is 2.44. The first-order valence-corrected chi connectivity index (χ1v) is 13.0. The number of hydrogen-bond donors (Lipinski definition) is 1. The smallest absolute Gasteiger partial charge is 0.407 e. The van der Waals surface area contributed by atoms with E-state index >= 15 is 0 Å². The second kappa shape index (κ2) is 9.13. The number of rotatable bonds is 5. The van der Waals surface area contributed by atoms with Gasteiger partial charge in [0.2, 0.25) is 5.91 Å². The van der Waals surface area contributed by atoms with Crippen LogP contribution in [0.25, 0.3) is 0 Å². The number of alkyl carbamates (subject to hydrolysis) is 1. The Morgan fingerprint density at radius 2 is 1.64 bits per heavy atom. The van der Waals surface area contributed by atoms with Gasteiger partial charge >= 0.3 is 6.09 Å². The first-order chi connectivity index (χ1) is 12.6. The van der Waals surface area contributed by atoms with Gasteiger partial charge in [-0.15, -0.1) is 0 Å². The molecule has 0 radical (unpaired) electrons. The van der Waals surface area contributed by atoms with Crippen LogP contribution in [0.15, 0.2) is 0 Å². The number of amides is 2. The van der Waals surface area contributed by atoms with E-state index in [0.717, 1.165) is 0 Å². The zero-order valence-electron chi connectivity index (χ0n) is 19.3. The molecule has 0 unspecified atom stereocenters. The second-order valence-electron chi connectivity index (χ2n) is 10.2. The fourth-order valence-electron chi connectivity index (χ4n) is 3.01. The molecule has 0 heterocycles. The van der Waals surface area contributed by atoms with Gasteiger partial charge in [-0.25, -0.2) is 9.86 Å². The summed E-state index contributed by atoms with van der Waals surface area (Å²) >= 11 is 0. The number of hydrogen-bond acceptors (Lipinski definition) is 5. The molecule has 0 aromatic rings. The minimum atomic E-state index is -2.08. The van der Waals surface area contributed by atoms with Gasteiger partial charge in [0.1, 0.15) is 5.60 Å². The number of ether oxygens (including phenoxy) is 1. The summed E-state index contributed by atoms with van der Waals surface area (Å²) in [6.45, 7) is 16.4. The van der Waals surface area contributed by atoms with E-state index < -0.39 is 20.0 Å². The Bertz CT molecular complexity index is 554. The van der Waals surface area contributed by atoms with Crippen LogP contribution in [-0.4, -0.2) is 57.3 Å². The number of nitrogens with zero attached hydrogens (tertiary/aromatic N) is 1. The van der Waals surface area contributed by atoms with Gasteiger partial charge in [0.05, 0.1) is 19.3 Å². The van der Waals surface area contributed by atoms with Gasteiger partial charge in [0, 0.05) is 13.0 Å². The van der Waals surface area contributed by atoms with Gasteiger partial charge in [0.15, 0.2) is 8.32 Å². The second-order valence-corrected chi connectivity index (χ2v) is 15.0. The molecule has 1 aliphatic carbocycles. The topological polar surface area (TPSA) is 77.1 Å². The lowest BCUT2D eigenvalue weighted by Crippen LogP contribution is -2.55. The van der Waals surface area contributed by atoms with Gasteiger partial charge in [-0.2, -0.15) is 0 Å². The van der Waals surface area contributed by atoms with Crippen LogP contribution < -0.4 is 5.32 Å². The van der Waals surface area contributed by atoms with Crippen molar-refractivity contribution < 1.29 is 23.6 Å². The number of nitrogens with one attached hydrogen (secondary N) is 1. The SMILES string of the molecule is CON(C)C(=O)[C@H]1CC[C@@H](NC(=O)OC(C)(C)C)[C@H](O[Si](C)(C)C(C)(C)C)C1. The Morgan fingerprint density at radius 3 is 2.11 bits per heavy atom. The lowest BCUT2D eigenvalue weighted by Gasteiger charge is -2.44. The van der Waals surface area contributed by atoms with Gasteiger partial charge in [-0.1, -0.05) is 20.8 Å². The normalized spacial score (nSPS) is 23.9.